The van der Waals surface area contributed by atoms with Gasteiger partial charge in [-0.25, -0.2) is 0 Å². The van der Waals surface area contributed by atoms with Crippen LogP contribution in [0.4, 0.5) is 0 Å². The minimum atomic E-state index is 0.0880. The van der Waals surface area contributed by atoms with Crippen LogP contribution < -0.4 is 0 Å². The van der Waals surface area contributed by atoms with Gasteiger partial charge in [0.1, 0.15) is 5.69 Å². The van der Waals surface area contributed by atoms with E-state index in [0.29, 0.717) is 6.54 Å². The van der Waals surface area contributed by atoms with Gasteiger partial charge in [-0.1, -0.05) is 0 Å². The zero-order valence-corrected chi connectivity index (χ0v) is 10.5. The zero-order chi connectivity index (χ0) is 11.5. The van der Waals surface area contributed by atoms with Crippen molar-refractivity contribution >= 4 is 15.9 Å². The zero-order valence-electron chi connectivity index (χ0n) is 8.89. The van der Waals surface area contributed by atoms with Crippen molar-refractivity contribution in [2.24, 2.45) is 0 Å². The summed E-state index contributed by atoms with van der Waals surface area (Å²) in [7, 11) is 0. The first kappa shape index (κ1) is 11.3. The number of aliphatic hydroxyl groups is 1. The normalized spacial score (nSPS) is 10.7. The third-order valence-electron chi connectivity index (χ3n) is 2.40. The van der Waals surface area contributed by atoms with Crippen LogP contribution in [0.1, 0.15) is 5.69 Å². The summed E-state index contributed by atoms with van der Waals surface area (Å²) in [5.74, 6) is 0. The third kappa shape index (κ3) is 2.01. The molecule has 2 rings (SSSR count). The molecular formula is C11H12BrN3O. The summed E-state index contributed by atoms with van der Waals surface area (Å²) < 4.78 is 2.76. The number of aliphatic hydroxyl groups excluding tert-OH is 1. The highest BCUT2D eigenvalue weighted by Crippen LogP contribution is 2.29. The van der Waals surface area contributed by atoms with E-state index in [4.69, 9.17) is 5.11 Å². The van der Waals surface area contributed by atoms with Gasteiger partial charge >= 0.3 is 0 Å². The lowest BCUT2D eigenvalue weighted by Crippen LogP contribution is -2.05. The number of hydrogen-bond acceptors (Lipinski definition) is 3. The SMILES string of the molecule is Cc1c(Br)c(-c2ccncc2)nn1CCO. The van der Waals surface area contributed by atoms with Crippen LogP contribution in [0, 0.1) is 6.92 Å². The van der Waals surface area contributed by atoms with Gasteiger partial charge in [0.2, 0.25) is 0 Å². The minimum absolute atomic E-state index is 0.0880. The Morgan fingerprint density at radius 3 is 2.69 bits per heavy atom. The molecule has 2 heterocycles. The average Bonchev–Trinajstić information content (AvgIpc) is 2.59. The van der Waals surface area contributed by atoms with Crippen molar-refractivity contribution in [3.05, 3.63) is 34.7 Å². The summed E-state index contributed by atoms with van der Waals surface area (Å²) >= 11 is 3.52. The molecule has 0 saturated heterocycles. The molecule has 0 aliphatic heterocycles. The number of pyridine rings is 1. The second-order valence-corrected chi connectivity index (χ2v) is 4.22. The monoisotopic (exact) mass is 281 g/mol. The maximum atomic E-state index is 8.93. The Balaban J connectivity index is 2.46. The van der Waals surface area contributed by atoms with E-state index in [1.807, 2.05) is 19.1 Å². The molecule has 2 aromatic rings. The highest BCUT2D eigenvalue weighted by molar-refractivity contribution is 9.10. The van der Waals surface area contributed by atoms with Gasteiger partial charge in [-0.2, -0.15) is 5.10 Å². The van der Waals surface area contributed by atoms with Crippen molar-refractivity contribution in [2.75, 3.05) is 6.61 Å². The Kier molecular flexibility index (Phi) is 3.36. The molecule has 84 valence electrons. The van der Waals surface area contributed by atoms with Gasteiger partial charge < -0.3 is 5.11 Å². The van der Waals surface area contributed by atoms with Crippen LogP contribution in [-0.2, 0) is 6.54 Å². The van der Waals surface area contributed by atoms with Crippen LogP contribution in [0.3, 0.4) is 0 Å². The van der Waals surface area contributed by atoms with E-state index in [-0.39, 0.29) is 6.61 Å². The molecule has 0 aliphatic rings. The van der Waals surface area contributed by atoms with Crippen molar-refractivity contribution in [3.8, 4) is 11.3 Å². The molecule has 0 saturated carbocycles. The number of halogens is 1. The van der Waals surface area contributed by atoms with Gasteiger partial charge in [-0.05, 0) is 35.0 Å². The summed E-state index contributed by atoms with van der Waals surface area (Å²) in [6, 6.07) is 3.83. The van der Waals surface area contributed by atoms with Gasteiger partial charge in [0.05, 0.1) is 23.3 Å². The van der Waals surface area contributed by atoms with E-state index < -0.39 is 0 Å². The molecule has 0 aromatic carbocycles. The minimum Gasteiger partial charge on any atom is -0.394 e. The fourth-order valence-corrected chi connectivity index (χ4v) is 2.04. The van der Waals surface area contributed by atoms with Gasteiger partial charge in [0.25, 0.3) is 0 Å². The van der Waals surface area contributed by atoms with Crippen molar-refractivity contribution in [1.82, 2.24) is 14.8 Å². The first-order chi connectivity index (χ1) is 7.74. The predicted octanol–water partition coefficient (Wildman–Crippen LogP) is 2.01. The lowest BCUT2D eigenvalue weighted by Gasteiger charge is -1.99. The Labute approximate surface area is 102 Å². The van der Waals surface area contributed by atoms with Gasteiger partial charge in [0.15, 0.2) is 0 Å². The van der Waals surface area contributed by atoms with E-state index in [0.717, 1.165) is 21.4 Å². The summed E-state index contributed by atoms with van der Waals surface area (Å²) in [6.07, 6.45) is 3.48. The summed E-state index contributed by atoms with van der Waals surface area (Å²) in [5.41, 5.74) is 2.91. The fraction of sp³-hybridized carbons (Fsp3) is 0.273. The second-order valence-electron chi connectivity index (χ2n) is 3.43. The maximum absolute atomic E-state index is 8.93. The molecule has 0 radical (unpaired) electrons. The van der Waals surface area contributed by atoms with E-state index >= 15 is 0 Å². The second kappa shape index (κ2) is 4.76. The maximum Gasteiger partial charge on any atom is 0.107 e. The number of hydrogen-bond donors (Lipinski definition) is 1. The number of rotatable bonds is 3. The quantitative estimate of drug-likeness (QED) is 0.936. The third-order valence-corrected chi connectivity index (χ3v) is 3.35. The summed E-state index contributed by atoms with van der Waals surface area (Å²) in [5, 5.41) is 13.4. The highest BCUT2D eigenvalue weighted by Gasteiger charge is 2.13. The van der Waals surface area contributed by atoms with Crippen LogP contribution in [0.2, 0.25) is 0 Å². The predicted molar refractivity (Wildman–Crippen MR) is 65.0 cm³/mol. The first-order valence-corrected chi connectivity index (χ1v) is 5.77. The van der Waals surface area contributed by atoms with Gasteiger partial charge in [-0.15, -0.1) is 0 Å². The summed E-state index contributed by atoms with van der Waals surface area (Å²) in [4.78, 5) is 3.98. The van der Waals surface area contributed by atoms with E-state index in [2.05, 4.69) is 26.0 Å². The van der Waals surface area contributed by atoms with Gasteiger partial charge in [-0.3, -0.25) is 9.67 Å². The molecule has 0 unspecified atom stereocenters. The van der Waals surface area contributed by atoms with E-state index in [1.54, 1.807) is 17.1 Å². The van der Waals surface area contributed by atoms with Crippen LogP contribution in [-0.4, -0.2) is 26.5 Å². The van der Waals surface area contributed by atoms with Crippen molar-refractivity contribution < 1.29 is 5.11 Å². The number of nitrogens with zero attached hydrogens (tertiary/aromatic N) is 3. The van der Waals surface area contributed by atoms with Crippen LogP contribution in [0.25, 0.3) is 11.3 Å². The topological polar surface area (TPSA) is 50.9 Å². The van der Waals surface area contributed by atoms with Crippen molar-refractivity contribution in [1.29, 1.82) is 0 Å². The summed E-state index contributed by atoms with van der Waals surface area (Å²) in [6.45, 7) is 2.57. The lowest BCUT2D eigenvalue weighted by molar-refractivity contribution is 0.268. The Morgan fingerprint density at radius 2 is 2.06 bits per heavy atom. The van der Waals surface area contributed by atoms with Crippen molar-refractivity contribution in [3.63, 3.8) is 0 Å². The Bertz CT molecular complexity index is 481. The Morgan fingerprint density at radius 1 is 1.38 bits per heavy atom. The van der Waals surface area contributed by atoms with E-state index in [9.17, 15) is 0 Å². The van der Waals surface area contributed by atoms with E-state index in [1.165, 1.54) is 0 Å². The standard InChI is InChI=1S/C11H12BrN3O/c1-8-10(12)11(14-15(8)6-7-16)9-2-4-13-5-3-9/h2-5,16H,6-7H2,1H3. The number of aromatic nitrogens is 3. The molecule has 0 bridgehead atoms. The molecule has 5 heteroatoms. The molecule has 2 aromatic heterocycles. The molecular weight excluding hydrogens is 270 g/mol. The van der Waals surface area contributed by atoms with Gasteiger partial charge in [0, 0.05) is 18.0 Å². The lowest BCUT2D eigenvalue weighted by atomic mass is 10.2. The molecule has 0 fully saturated rings. The van der Waals surface area contributed by atoms with Crippen LogP contribution in [0.5, 0.6) is 0 Å². The molecule has 0 atom stereocenters. The largest absolute Gasteiger partial charge is 0.394 e. The molecule has 1 N–H and O–H groups in total. The molecule has 16 heavy (non-hydrogen) atoms. The van der Waals surface area contributed by atoms with Crippen LogP contribution >= 0.6 is 15.9 Å². The molecule has 0 spiro atoms. The first-order valence-electron chi connectivity index (χ1n) is 4.98. The molecule has 4 nitrogen and oxygen atoms in total. The molecule has 0 amide bonds. The smallest absolute Gasteiger partial charge is 0.107 e. The molecule has 0 aliphatic carbocycles. The fourth-order valence-electron chi connectivity index (χ4n) is 1.53. The van der Waals surface area contributed by atoms with Crippen molar-refractivity contribution in [2.45, 2.75) is 13.5 Å². The van der Waals surface area contributed by atoms with Crippen LogP contribution in [0.15, 0.2) is 29.0 Å². The Hall–Kier alpha value is -1.20. The average molecular weight is 282 g/mol. The highest BCUT2D eigenvalue weighted by atomic mass is 79.9.